The van der Waals surface area contributed by atoms with Crippen molar-refractivity contribution in [2.75, 3.05) is 19.7 Å². The minimum absolute atomic E-state index is 0.0637. The maximum absolute atomic E-state index is 13.3. The Balaban J connectivity index is 1.45. The first-order valence-corrected chi connectivity index (χ1v) is 10.9. The number of likely N-dealkylation sites (tertiary alicyclic amines) is 1. The predicted molar refractivity (Wildman–Crippen MR) is 117 cm³/mol. The molecule has 1 aliphatic heterocycles. The molecule has 4 rings (SSSR count). The number of amides is 1. The molecule has 7 nitrogen and oxygen atoms in total. The third kappa shape index (κ3) is 4.50. The summed E-state index contributed by atoms with van der Waals surface area (Å²) in [5.41, 5.74) is 5.40. The summed E-state index contributed by atoms with van der Waals surface area (Å²) >= 11 is 0. The van der Waals surface area contributed by atoms with E-state index in [0.717, 1.165) is 53.2 Å². The predicted octanol–water partition coefficient (Wildman–Crippen LogP) is 4.15. The Morgan fingerprint density at radius 2 is 2.03 bits per heavy atom. The number of aromatic nitrogens is 3. The zero-order valence-corrected chi connectivity index (χ0v) is 18.7. The number of carbonyl (C=O) groups excluding carboxylic acids is 1. The van der Waals surface area contributed by atoms with E-state index in [1.807, 2.05) is 56.9 Å². The molecule has 0 bridgehead atoms. The molecule has 7 heteroatoms. The van der Waals surface area contributed by atoms with E-state index in [1.54, 1.807) is 0 Å². The number of hydrogen-bond acceptors (Lipinski definition) is 5. The Bertz CT molecular complexity index is 1050. The van der Waals surface area contributed by atoms with Crippen LogP contribution in [0.1, 0.15) is 57.2 Å². The van der Waals surface area contributed by atoms with Crippen LogP contribution in [0.3, 0.4) is 0 Å². The lowest BCUT2D eigenvalue weighted by Crippen LogP contribution is -2.42. The second kappa shape index (κ2) is 8.96. The number of aryl methyl sites for hydroxylation is 4. The van der Waals surface area contributed by atoms with Gasteiger partial charge in [0.25, 0.3) is 5.91 Å². The molecule has 164 valence electrons. The average molecular weight is 423 g/mol. The molecule has 1 fully saturated rings. The molecular formula is C24H30N4O3. The van der Waals surface area contributed by atoms with Crippen molar-refractivity contribution >= 4 is 5.91 Å². The number of H-pyrrole nitrogens is 1. The lowest BCUT2D eigenvalue weighted by Gasteiger charge is -2.32. The molecule has 0 unspecified atom stereocenters. The standard InChI is InChI=1S/C24H30N4O3/c1-15-8-5-6-10-22(15)30-14-19-9-7-11-28(13-19)24(29)23-21(18(4)31-27-23)12-20-16(2)25-26-17(20)3/h5-6,8,10,19H,7,9,11-14H2,1-4H3,(H,25,26)/t19-/m1/s1. The molecule has 1 N–H and O–H groups in total. The van der Waals surface area contributed by atoms with Crippen molar-refractivity contribution in [1.29, 1.82) is 0 Å². The van der Waals surface area contributed by atoms with E-state index in [2.05, 4.69) is 15.4 Å². The van der Waals surface area contributed by atoms with Gasteiger partial charge in [0.2, 0.25) is 0 Å². The smallest absolute Gasteiger partial charge is 0.276 e. The maximum atomic E-state index is 13.3. The first kappa shape index (κ1) is 21.2. The number of piperidine rings is 1. The van der Waals surface area contributed by atoms with Gasteiger partial charge in [0.15, 0.2) is 5.69 Å². The molecule has 1 aliphatic rings. The third-order valence-corrected chi connectivity index (χ3v) is 6.20. The fraction of sp³-hybridized carbons (Fsp3) is 0.458. The third-order valence-electron chi connectivity index (χ3n) is 6.20. The van der Waals surface area contributed by atoms with E-state index in [4.69, 9.17) is 9.26 Å². The molecule has 3 heterocycles. The number of rotatable bonds is 6. The van der Waals surface area contributed by atoms with Gasteiger partial charge in [-0.15, -0.1) is 0 Å². The Kier molecular flexibility index (Phi) is 6.11. The Labute approximate surface area is 182 Å². The van der Waals surface area contributed by atoms with Gasteiger partial charge in [-0.1, -0.05) is 23.4 Å². The highest BCUT2D eigenvalue weighted by Crippen LogP contribution is 2.25. The molecule has 1 atom stereocenters. The molecular weight excluding hydrogens is 392 g/mol. The number of para-hydroxylation sites is 1. The van der Waals surface area contributed by atoms with Gasteiger partial charge in [0.1, 0.15) is 11.5 Å². The number of nitrogens with zero attached hydrogens (tertiary/aromatic N) is 3. The molecule has 2 aromatic heterocycles. The summed E-state index contributed by atoms with van der Waals surface area (Å²) in [6.45, 7) is 9.86. The Hall–Kier alpha value is -3.09. The summed E-state index contributed by atoms with van der Waals surface area (Å²) in [4.78, 5) is 15.2. The van der Waals surface area contributed by atoms with Gasteiger partial charge in [0.05, 0.1) is 12.3 Å². The van der Waals surface area contributed by atoms with Crippen molar-refractivity contribution in [3.8, 4) is 5.75 Å². The van der Waals surface area contributed by atoms with Gasteiger partial charge in [-0.25, -0.2) is 0 Å². The van der Waals surface area contributed by atoms with Gasteiger partial charge >= 0.3 is 0 Å². The minimum atomic E-state index is -0.0637. The van der Waals surface area contributed by atoms with Crippen LogP contribution in [0, 0.1) is 33.6 Å². The molecule has 0 spiro atoms. The van der Waals surface area contributed by atoms with Crippen LogP contribution in [0.5, 0.6) is 5.75 Å². The summed E-state index contributed by atoms with van der Waals surface area (Å²) in [5.74, 6) is 1.82. The molecule has 0 aliphatic carbocycles. The van der Waals surface area contributed by atoms with Crippen molar-refractivity contribution in [2.45, 2.75) is 47.0 Å². The van der Waals surface area contributed by atoms with Gasteiger partial charge in [-0.3, -0.25) is 9.89 Å². The second-order valence-electron chi connectivity index (χ2n) is 8.49. The first-order valence-electron chi connectivity index (χ1n) is 10.9. The normalized spacial score (nSPS) is 16.5. The van der Waals surface area contributed by atoms with E-state index in [9.17, 15) is 4.79 Å². The van der Waals surface area contributed by atoms with Crippen molar-refractivity contribution in [3.05, 3.63) is 63.8 Å². The number of benzene rings is 1. The number of aromatic amines is 1. The molecule has 1 amide bonds. The summed E-state index contributed by atoms with van der Waals surface area (Å²) in [6, 6.07) is 8.03. The van der Waals surface area contributed by atoms with E-state index in [-0.39, 0.29) is 5.91 Å². The fourth-order valence-electron chi connectivity index (χ4n) is 4.24. The number of hydrogen-bond donors (Lipinski definition) is 1. The molecule has 1 aromatic carbocycles. The largest absolute Gasteiger partial charge is 0.493 e. The lowest BCUT2D eigenvalue weighted by molar-refractivity contribution is 0.0622. The van der Waals surface area contributed by atoms with Crippen molar-refractivity contribution in [2.24, 2.45) is 5.92 Å². The van der Waals surface area contributed by atoms with Crippen LogP contribution < -0.4 is 4.74 Å². The first-order chi connectivity index (χ1) is 14.9. The van der Waals surface area contributed by atoms with E-state index >= 15 is 0 Å². The van der Waals surface area contributed by atoms with Crippen LogP contribution in [-0.4, -0.2) is 45.9 Å². The van der Waals surface area contributed by atoms with Crippen LogP contribution in [0.15, 0.2) is 28.8 Å². The topological polar surface area (TPSA) is 84.2 Å². The van der Waals surface area contributed by atoms with Crippen LogP contribution in [-0.2, 0) is 6.42 Å². The molecule has 31 heavy (non-hydrogen) atoms. The SMILES string of the molecule is Cc1ccccc1OC[C@@H]1CCCN(C(=O)c2noc(C)c2Cc2c(C)n[nH]c2C)C1. The summed E-state index contributed by atoms with van der Waals surface area (Å²) in [6.07, 6.45) is 2.59. The number of nitrogens with one attached hydrogen (secondary N) is 1. The van der Waals surface area contributed by atoms with Crippen LogP contribution in [0.25, 0.3) is 0 Å². The van der Waals surface area contributed by atoms with E-state index in [0.29, 0.717) is 36.9 Å². The molecule has 0 radical (unpaired) electrons. The monoisotopic (exact) mass is 422 g/mol. The second-order valence-corrected chi connectivity index (χ2v) is 8.49. The average Bonchev–Trinajstić information content (AvgIpc) is 3.30. The van der Waals surface area contributed by atoms with Gasteiger partial charge in [0, 0.05) is 42.2 Å². The molecule has 1 saturated heterocycles. The van der Waals surface area contributed by atoms with Crippen LogP contribution in [0.4, 0.5) is 0 Å². The van der Waals surface area contributed by atoms with Gasteiger partial charge < -0.3 is 14.2 Å². The van der Waals surface area contributed by atoms with Gasteiger partial charge in [-0.2, -0.15) is 5.10 Å². The fourth-order valence-corrected chi connectivity index (χ4v) is 4.24. The summed E-state index contributed by atoms with van der Waals surface area (Å²) < 4.78 is 11.5. The number of ether oxygens (including phenoxy) is 1. The lowest BCUT2D eigenvalue weighted by atomic mass is 9.97. The summed E-state index contributed by atoms with van der Waals surface area (Å²) in [7, 11) is 0. The van der Waals surface area contributed by atoms with E-state index < -0.39 is 0 Å². The van der Waals surface area contributed by atoms with Crippen LogP contribution in [0.2, 0.25) is 0 Å². The minimum Gasteiger partial charge on any atom is -0.493 e. The number of carbonyl (C=O) groups is 1. The highest BCUT2D eigenvalue weighted by molar-refractivity contribution is 5.94. The van der Waals surface area contributed by atoms with Crippen molar-refractivity contribution < 1.29 is 14.1 Å². The van der Waals surface area contributed by atoms with Crippen LogP contribution >= 0.6 is 0 Å². The Morgan fingerprint density at radius 1 is 1.23 bits per heavy atom. The highest BCUT2D eigenvalue weighted by atomic mass is 16.5. The molecule has 0 saturated carbocycles. The quantitative estimate of drug-likeness (QED) is 0.645. The Morgan fingerprint density at radius 3 is 2.77 bits per heavy atom. The zero-order valence-electron chi connectivity index (χ0n) is 18.7. The van der Waals surface area contributed by atoms with Crippen molar-refractivity contribution in [3.63, 3.8) is 0 Å². The summed E-state index contributed by atoms with van der Waals surface area (Å²) in [5, 5.41) is 11.4. The van der Waals surface area contributed by atoms with E-state index in [1.165, 1.54) is 0 Å². The van der Waals surface area contributed by atoms with Crippen molar-refractivity contribution in [1.82, 2.24) is 20.3 Å². The van der Waals surface area contributed by atoms with Gasteiger partial charge in [-0.05, 0) is 52.2 Å². The highest BCUT2D eigenvalue weighted by Gasteiger charge is 2.30. The molecule has 3 aromatic rings. The zero-order chi connectivity index (χ0) is 22.0. The maximum Gasteiger partial charge on any atom is 0.276 e.